The molecular weight excluding hydrogens is 228 g/mol. The lowest BCUT2D eigenvalue weighted by molar-refractivity contribution is 0.0697. The van der Waals surface area contributed by atoms with Crippen LogP contribution in [0.5, 0.6) is 0 Å². The predicted molar refractivity (Wildman–Crippen MR) is 63.3 cm³/mol. The van der Waals surface area contributed by atoms with Gasteiger partial charge in [-0.2, -0.15) is 0 Å². The molecule has 0 saturated carbocycles. The zero-order valence-electron chi connectivity index (χ0n) is 8.69. The first kappa shape index (κ1) is 11.2. The minimum atomic E-state index is -0.901. The third kappa shape index (κ3) is 2.46. The molecule has 1 aromatic carbocycles. The summed E-state index contributed by atoms with van der Waals surface area (Å²) in [6.07, 6.45) is 0. The lowest BCUT2D eigenvalue weighted by Gasteiger charge is -2.32. The summed E-state index contributed by atoms with van der Waals surface area (Å²) >= 11 is 6.00. The molecule has 0 spiro atoms. The van der Waals surface area contributed by atoms with E-state index in [2.05, 4.69) is 10.2 Å². The summed E-state index contributed by atoms with van der Waals surface area (Å²) in [4.78, 5) is 12.8. The van der Waals surface area contributed by atoms with E-state index in [1.165, 1.54) is 0 Å². The van der Waals surface area contributed by atoms with Crippen molar-refractivity contribution in [3.05, 3.63) is 29.8 Å². The number of carbonyl (C=O) groups is 1. The first-order valence-electron chi connectivity index (χ1n) is 5.12. The van der Waals surface area contributed by atoms with Crippen LogP contribution in [0.3, 0.4) is 0 Å². The second-order valence-electron chi connectivity index (χ2n) is 3.72. The summed E-state index contributed by atoms with van der Waals surface area (Å²) in [5, 5.41) is 11.9. The van der Waals surface area contributed by atoms with Crippen molar-refractivity contribution in [2.75, 3.05) is 24.5 Å². The van der Waals surface area contributed by atoms with Crippen molar-refractivity contribution in [2.24, 2.45) is 0 Å². The number of carboxylic acids is 1. The van der Waals surface area contributed by atoms with Crippen LogP contribution in [0.25, 0.3) is 0 Å². The van der Waals surface area contributed by atoms with Gasteiger partial charge in [0.15, 0.2) is 0 Å². The second kappa shape index (κ2) is 4.72. The topological polar surface area (TPSA) is 52.6 Å². The average Bonchev–Trinajstić information content (AvgIpc) is 2.29. The third-order valence-electron chi connectivity index (χ3n) is 2.61. The number of anilines is 1. The van der Waals surface area contributed by atoms with Crippen molar-refractivity contribution in [3.8, 4) is 0 Å². The molecule has 0 radical (unpaired) electrons. The number of alkyl halides is 1. The molecule has 0 bridgehead atoms. The van der Waals surface area contributed by atoms with Crippen LogP contribution in [-0.4, -0.2) is 36.2 Å². The molecule has 1 heterocycles. The van der Waals surface area contributed by atoms with E-state index in [-0.39, 0.29) is 5.50 Å². The SMILES string of the molecule is O=C(O)c1ccc(N2CCNC(Cl)C2)cc1. The Morgan fingerprint density at radius 3 is 2.69 bits per heavy atom. The maximum absolute atomic E-state index is 10.7. The van der Waals surface area contributed by atoms with Gasteiger partial charge in [0.2, 0.25) is 0 Å². The van der Waals surface area contributed by atoms with Gasteiger partial charge in [-0.3, -0.25) is 5.32 Å². The lowest BCUT2D eigenvalue weighted by Crippen LogP contribution is -2.48. The molecule has 1 aromatic rings. The normalized spacial score (nSPS) is 20.8. The second-order valence-corrected chi connectivity index (χ2v) is 4.25. The Balaban J connectivity index is 2.11. The Bertz CT molecular complexity index is 380. The van der Waals surface area contributed by atoms with E-state index in [1.54, 1.807) is 12.1 Å². The predicted octanol–water partition coefficient (Wildman–Crippen LogP) is 1.36. The Labute approximate surface area is 98.8 Å². The van der Waals surface area contributed by atoms with Gasteiger partial charge in [-0.05, 0) is 24.3 Å². The van der Waals surface area contributed by atoms with Crippen LogP contribution in [0.4, 0.5) is 5.69 Å². The zero-order valence-corrected chi connectivity index (χ0v) is 9.44. The number of hydrogen-bond acceptors (Lipinski definition) is 3. The van der Waals surface area contributed by atoms with Gasteiger partial charge in [0.25, 0.3) is 0 Å². The van der Waals surface area contributed by atoms with Crippen molar-refractivity contribution in [1.29, 1.82) is 0 Å². The smallest absolute Gasteiger partial charge is 0.335 e. The van der Waals surface area contributed by atoms with E-state index in [0.29, 0.717) is 5.56 Å². The average molecular weight is 241 g/mol. The van der Waals surface area contributed by atoms with Gasteiger partial charge in [-0.1, -0.05) is 0 Å². The van der Waals surface area contributed by atoms with Crippen LogP contribution < -0.4 is 10.2 Å². The van der Waals surface area contributed by atoms with Crippen LogP contribution >= 0.6 is 11.6 Å². The largest absolute Gasteiger partial charge is 0.478 e. The maximum Gasteiger partial charge on any atom is 0.335 e. The van der Waals surface area contributed by atoms with Gasteiger partial charge in [-0.25, -0.2) is 4.79 Å². The molecule has 1 unspecified atom stereocenters. The fourth-order valence-electron chi connectivity index (χ4n) is 1.75. The van der Waals surface area contributed by atoms with Crippen molar-refractivity contribution in [1.82, 2.24) is 5.32 Å². The molecule has 2 rings (SSSR count). The molecule has 86 valence electrons. The Morgan fingerprint density at radius 1 is 1.44 bits per heavy atom. The standard InChI is InChI=1S/C11H13ClN2O2/c12-10-7-14(6-5-13-10)9-3-1-8(2-4-9)11(15)16/h1-4,10,13H,5-7H2,(H,15,16). The molecule has 1 aliphatic rings. The van der Waals surface area contributed by atoms with Crippen molar-refractivity contribution in [3.63, 3.8) is 0 Å². The first-order chi connectivity index (χ1) is 7.66. The molecule has 16 heavy (non-hydrogen) atoms. The van der Waals surface area contributed by atoms with Gasteiger partial charge in [0.1, 0.15) is 5.50 Å². The van der Waals surface area contributed by atoms with E-state index >= 15 is 0 Å². The first-order valence-corrected chi connectivity index (χ1v) is 5.56. The molecule has 4 nitrogen and oxygen atoms in total. The summed E-state index contributed by atoms with van der Waals surface area (Å²) in [6.45, 7) is 2.46. The molecule has 0 aromatic heterocycles. The third-order valence-corrected chi connectivity index (χ3v) is 2.90. The Kier molecular flexibility index (Phi) is 3.31. The summed E-state index contributed by atoms with van der Waals surface area (Å²) in [6, 6.07) is 6.86. The van der Waals surface area contributed by atoms with E-state index in [9.17, 15) is 4.79 Å². The van der Waals surface area contributed by atoms with Crippen molar-refractivity contribution < 1.29 is 9.90 Å². The van der Waals surface area contributed by atoms with Gasteiger partial charge < -0.3 is 10.0 Å². The van der Waals surface area contributed by atoms with Crippen LogP contribution in [0, 0.1) is 0 Å². The molecule has 0 amide bonds. The minimum Gasteiger partial charge on any atom is -0.478 e. The molecule has 1 saturated heterocycles. The quantitative estimate of drug-likeness (QED) is 0.606. The highest BCUT2D eigenvalue weighted by molar-refractivity contribution is 6.20. The van der Waals surface area contributed by atoms with E-state index < -0.39 is 5.97 Å². The molecule has 1 aliphatic heterocycles. The van der Waals surface area contributed by atoms with Gasteiger partial charge in [-0.15, -0.1) is 11.6 Å². The lowest BCUT2D eigenvalue weighted by atomic mass is 10.2. The molecular formula is C11H13ClN2O2. The number of rotatable bonds is 2. The van der Waals surface area contributed by atoms with Gasteiger partial charge in [0, 0.05) is 25.3 Å². The Hall–Kier alpha value is -1.26. The molecule has 1 atom stereocenters. The molecule has 2 N–H and O–H groups in total. The number of nitrogens with zero attached hydrogens (tertiary/aromatic N) is 1. The fraction of sp³-hybridized carbons (Fsp3) is 0.364. The summed E-state index contributed by atoms with van der Waals surface area (Å²) in [5.41, 5.74) is 1.27. The number of nitrogens with one attached hydrogen (secondary N) is 1. The summed E-state index contributed by atoms with van der Waals surface area (Å²) in [5.74, 6) is -0.901. The fourth-order valence-corrected chi connectivity index (χ4v) is 2.03. The molecule has 0 aliphatic carbocycles. The number of halogens is 1. The van der Waals surface area contributed by atoms with E-state index in [1.807, 2.05) is 12.1 Å². The molecule has 1 fully saturated rings. The highest BCUT2D eigenvalue weighted by Gasteiger charge is 2.17. The summed E-state index contributed by atoms with van der Waals surface area (Å²) < 4.78 is 0. The van der Waals surface area contributed by atoms with Crippen molar-refractivity contribution in [2.45, 2.75) is 5.50 Å². The highest BCUT2D eigenvalue weighted by Crippen LogP contribution is 2.17. The highest BCUT2D eigenvalue weighted by atomic mass is 35.5. The number of carboxylic acid groups (broad SMARTS) is 1. The van der Waals surface area contributed by atoms with E-state index in [4.69, 9.17) is 16.7 Å². The van der Waals surface area contributed by atoms with Crippen LogP contribution in [0.1, 0.15) is 10.4 Å². The number of benzene rings is 1. The van der Waals surface area contributed by atoms with Crippen molar-refractivity contribution >= 4 is 23.3 Å². The van der Waals surface area contributed by atoms with Crippen LogP contribution in [-0.2, 0) is 0 Å². The number of aromatic carboxylic acids is 1. The van der Waals surface area contributed by atoms with E-state index in [0.717, 1.165) is 25.3 Å². The zero-order chi connectivity index (χ0) is 11.5. The van der Waals surface area contributed by atoms with Crippen LogP contribution in [0.2, 0.25) is 0 Å². The number of piperazine rings is 1. The maximum atomic E-state index is 10.7. The Morgan fingerprint density at radius 2 is 2.12 bits per heavy atom. The number of hydrogen-bond donors (Lipinski definition) is 2. The molecule has 5 heteroatoms. The minimum absolute atomic E-state index is 0.0482. The summed E-state index contributed by atoms with van der Waals surface area (Å²) in [7, 11) is 0. The van der Waals surface area contributed by atoms with Gasteiger partial charge >= 0.3 is 5.97 Å². The van der Waals surface area contributed by atoms with Crippen LogP contribution in [0.15, 0.2) is 24.3 Å². The monoisotopic (exact) mass is 240 g/mol. The van der Waals surface area contributed by atoms with Gasteiger partial charge in [0.05, 0.1) is 5.56 Å².